The summed E-state index contributed by atoms with van der Waals surface area (Å²) in [5.74, 6) is -1.04. The van der Waals surface area contributed by atoms with Gasteiger partial charge in [0.1, 0.15) is 6.04 Å². The minimum Gasteiger partial charge on any atom is -0.480 e. The van der Waals surface area contributed by atoms with Crippen molar-refractivity contribution < 1.29 is 19.4 Å². The van der Waals surface area contributed by atoms with Gasteiger partial charge in [-0.25, -0.2) is 4.79 Å². The third-order valence-electron chi connectivity index (χ3n) is 2.27. The van der Waals surface area contributed by atoms with E-state index in [1.165, 1.54) is 6.92 Å². The highest BCUT2D eigenvalue weighted by atomic mass is 16.5. The fourth-order valence-corrected chi connectivity index (χ4v) is 1.33. The Labute approximate surface area is 88.0 Å². The van der Waals surface area contributed by atoms with Gasteiger partial charge in [0.05, 0.1) is 0 Å². The number of urea groups is 1. The Kier molecular flexibility index (Phi) is 4.36. The quantitative estimate of drug-likeness (QED) is 0.616. The van der Waals surface area contributed by atoms with Crippen LogP contribution in [0.15, 0.2) is 0 Å². The molecule has 0 aliphatic carbocycles. The van der Waals surface area contributed by atoms with Crippen LogP contribution >= 0.6 is 0 Å². The molecule has 1 atom stereocenters. The summed E-state index contributed by atoms with van der Waals surface area (Å²) in [6.45, 7) is 2.70. The molecule has 0 aromatic heterocycles. The van der Waals surface area contributed by atoms with Gasteiger partial charge in [-0.15, -0.1) is 0 Å². The van der Waals surface area contributed by atoms with Gasteiger partial charge in [0.25, 0.3) is 0 Å². The van der Waals surface area contributed by atoms with E-state index in [0.29, 0.717) is 13.2 Å². The first-order valence-electron chi connectivity index (χ1n) is 4.97. The van der Waals surface area contributed by atoms with Crippen LogP contribution in [0, 0.1) is 0 Å². The number of hydrogen-bond acceptors (Lipinski definition) is 3. The first-order valence-corrected chi connectivity index (χ1v) is 4.97. The van der Waals surface area contributed by atoms with E-state index in [9.17, 15) is 9.59 Å². The summed E-state index contributed by atoms with van der Waals surface area (Å²) in [5.41, 5.74) is 0. The molecule has 1 rings (SSSR count). The highest BCUT2D eigenvalue weighted by Gasteiger charge is 2.18. The van der Waals surface area contributed by atoms with Gasteiger partial charge in [0, 0.05) is 19.3 Å². The minimum atomic E-state index is -1.04. The van der Waals surface area contributed by atoms with Crippen molar-refractivity contribution in [1.29, 1.82) is 0 Å². The van der Waals surface area contributed by atoms with Crippen LogP contribution in [0.5, 0.6) is 0 Å². The third-order valence-corrected chi connectivity index (χ3v) is 2.27. The normalized spacial score (nSPS) is 19.3. The van der Waals surface area contributed by atoms with Crippen molar-refractivity contribution in [2.75, 3.05) is 13.2 Å². The van der Waals surface area contributed by atoms with Crippen molar-refractivity contribution in [3.8, 4) is 0 Å². The Hall–Kier alpha value is -1.30. The van der Waals surface area contributed by atoms with Crippen LogP contribution in [0.4, 0.5) is 4.79 Å². The van der Waals surface area contributed by atoms with Crippen molar-refractivity contribution >= 4 is 12.0 Å². The summed E-state index contributed by atoms with van der Waals surface area (Å²) in [4.78, 5) is 21.8. The lowest BCUT2D eigenvalue weighted by atomic mass is 10.1. The summed E-state index contributed by atoms with van der Waals surface area (Å²) in [5, 5.41) is 13.6. The number of hydrogen-bond donors (Lipinski definition) is 3. The number of amides is 2. The highest BCUT2D eigenvalue weighted by molar-refractivity contribution is 5.82. The zero-order chi connectivity index (χ0) is 11.3. The molecule has 0 radical (unpaired) electrons. The summed E-state index contributed by atoms with van der Waals surface area (Å²) in [7, 11) is 0. The second-order valence-corrected chi connectivity index (χ2v) is 3.56. The van der Waals surface area contributed by atoms with Gasteiger partial charge in [0.2, 0.25) is 0 Å². The van der Waals surface area contributed by atoms with Gasteiger partial charge < -0.3 is 20.5 Å². The molecule has 0 aromatic carbocycles. The van der Waals surface area contributed by atoms with E-state index < -0.39 is 18.0 Å². The Balaban J connectivity index is 2.25. The molecule has 3 N–H and O–H groups in total. The number of rotatable bonds is 3. The number of carbonyl (C=O) groups is 2. The molecule has 0 aromatic rings. The predicted molar refractivity (Wildman–Crippen MR) is 52.6 cm³/mol. The summed E-state index contributed by atoms with van der Waals surface area (Å²) < 4.78 is 5.13. The van der Waals surface area contributed by atoms with Crippen molar-refractivity contribution in [2.45, 2.75) is 31.8 Å². The minimum absolute atomic E-state index is 0.0831. The number of ether oxygens (including phenoxy) is 1. The van der Waals surface area contributed by atoms with Crippen LogP contribution in [0.2, 0.25) is 0 Å². The van der Waals surface area contributed by atoms with Gasteiger partial charge in [0.15, 0.2) is 0 Å². The molecular weight excluding hydrogens is 200 g/mol. The zero-order valence-electron chi connectivity index (χ0n) is 8.66. The lowest BCUT2D eigenvalue weighted by molar-refractivity contribution is -0.138. The van der Waals surface area contributed by atoms with E-state index in [2.05, 4.69) is 10.6 Å². The number of carbonyl (C=O) groups excluding carboxylic acids is 1. The number of nitrogens with one attached hydrogen (secondary N) is 2. The highest BCUT2D eigenvalue weighted by Crippen LogP contribution is 2.05. The van der Waals surface area contributed by atoms with Gasteiger partial charge in [-0.05, 0) is 19.8 Å². The Morgan fingerprint density at radius 1 is 1.40 bits per heavy atom. The van der Waals surface area contributed by atoms with Crippen molar-refractivity contribution in [1.82, 2.24) is 10.6 Å². The van der Waals surface area contributed by atoms with Crippen LogP contribution in [0.25, 0.3) is 0 Å². The molecule has 0 bridgehead atoms. The summed E-state index contributed by atoms with van der Waals surface area (Å²) in [6, 6.07) is -1.22. The van der Waals surface area contributed by atoms with Gasteiger partial charge in [-0.1, -0.05) is 0 Å². The lowest BCUT2D eigenvalue weighted by Crippen LogP contribution is -2.49. The van der Waals surface area contributed by atoms with Crippen molar-refractivity contribution in [2.24, 2.45) is 0 Å². The Morgan fingerprint density at radius 3 is 2.53 bits per heavy atom. The maximum absolute atomic E-state index is 11.3. The van der Waals surface area contributed by atoms with Crippen LogP contribution in [0.1, 0.15) is 19.8 Å². The predicted octanol–water partition coefficient (Wildman–Crippen LogP) is -0.0623. The largest absolute Gasteiger partial charge is 0.480 e. The summed E-state index contributed by atoms with van der Waals surface area (Å²) in [6.07, 6.45) is 1.55. The first-order chi connectivity index (χ1) is 7.09. The molecule has 6 nitrogen and oxygen atoms in total. The van der Waals surface area contributed by atoms with Crippen LogP contribution in [0.3, 0.4) is 0 Å². The number of carboxylic acids is 1. The van der Waals surface area contributed by atoms with Crippen molar-refractivity contribution in [3.63, 3.8) is 0 Å². The molecule has 86 valence electrons. The topological polar surface area (TPSA) is 87.7 Å². The second-order valence-electron chi connectivity index (χ2n) is 3.56. The first kappa shape index (κ1) is 11.8. The zero-order valence-corrected chi connectivity index (χ0v) is 8.66. The van der Waals surface area contributed by atoms with Crippen LogP contribution in [-0.4, -0.2) is 42.4 Å². The van der Waals surface area contributed by atoms with E-state index in [1.807, 2.05) is 0 Å². The molecule has 1 heterocycles. The van der Waals surface area contributed by atoms with E-state index in [-0.39, 0.29) is 6.04 Å². The van der Waals surface area contributed by atoms with Crippen LogP contribution < -0.4 is 10.6 Å². The van der Waals surface area contributed by atoms with E-state index in [1.54, 1.807) is 0 Å². The molecule has 1 aliphatic rings. The van der Waals surface area contributed by atoms with Crippen molar-refractivity contribution in [3.05, 3.63) is 0 Å². The molecule has 6 heteroatoms. The molecule has 2 amide bonds. The molecule has 1 aliphatic heterocycles. The number of carboxylic acid groups (broad SMARTS) is 1. The molecule has 1 fully saturated rings. The molecule has 15 heavy (non-hydrogen) atoms. The third kappa shape index (κ3) is 4.16. The maximum Gasteiger partial charge on any atom is 0.325 e. The molecule has 0 spiro atoms. The average molecular weight is 216 g/mol. The van der Waals surface area contributed by atoms with Gasteiger partial charge in [-0.3, -0.25) is 4.79 Å². The molecule has 0 saturated carbocycles. The van der Waals surface area contributed by atoms with E-state index in [0.717, 1.165) is 12.8 Å². The Bertz CT molecular complexity index is 238. The fraction of sp³-hybridized carbons (Fsp3) is 0.778. The SMILES string of the molecule is CC(NC(=O)NC1CCOCC1)C(=O)O. The standard InChI is InChI=1S/C9H16N2O4/c1-6(8(12)13)10-9(14)11-7-2-4-15-5-3-7/h6-7H,2-5H2,1H3,(H,12,13)(H2,10,11,14). The number of aliphatic carboxylic acids is 1. The molecule has 1 unspecified atom stereocenters. The van der Waals surface area contributed by atoms with Crippen LogP contribution in [-0.2, 0) is 9.53 Å². The van der Waals surface area contributed by atoms with Gasteiger partial charge in [-0.2, -0.15) is 0 Å². The maximum atomic E-state index is 11.3. The van der Waals surface area contributed by atoms with E-state index >= 15 is 0 Å². The average Bonchev–Trinajstić information content (AvgIpc) is 2.18. The Morgan fingerprint density at radius 2 is 2.00 bits per heavy atom. The van der Waals surface area contributed by atoms with E-state index in [4.69, 9.17) is 9.84 Å². The molecular formula is C9H16N2O4. The van der Waals surface area contributed by atoms with Gasteiger partial charge >= 0.3 is 12.0 Å². The second kappa shape index (κ2) is 5.55. The summed E-state index contributed by atoms with van der Waals surface area (Å²) >= 11 is 0. The monoisotopic (exact) mass is 216 g/mol. The molecule has 1 saturated heterocycles. The fourth-order valence-electron chi connectivity index (χ4n) is 1.33. The lowest BCUT2D eigenvalue weighted by Gasteiger charge is -2.23. The smallest absolute Gasteiger partial charge is 0.325 e.